The number of nitrogens with one attached hydrogen (secondary N) is 1. The molecule has 1 aromatic heterocycles. The summed E-state index contributed by atoms with van der Waals surface area (Å²) >= 11 is 3.27. The van der Waals surface area contributed by atoms with E-state index in [9.17, 15) is 8.42 Å². The zero-order valence-electron chi connectivity index (χ0n) is 10.5. The molecule has 5 nitrogen and oxygen atoms in total. The first-order chi connectivity index (χ1) is 8.88. The number of benzene rings is 1. The summed E-state index contributed by atoms with van der Waals surface area (Å²) in [5, 5.41) is 3.70. The van der Waals surface area contributed by atoms with E-state index in [0.29, 0.717) is 21.5 Å². The molecule has 0 aliphatic heterocycles. The highest BCUT2D eigenvalue weighted by atomic mass is 79.9. The van der Waals surface area contributed by atoms with Crippen molar-refractivity contribution in [3.05, 3.63) is 45.8 Å². The molecule has 0 unspecified atom stereocenters. The van der Waals surface area contributed by atoms with Gasteiger partial charge in [0.1, 0.15) is 0 Å². The number of aryl methyl sites for hydroxylation is 2. The number of nitrogens with zero attached hydrogens (tertiary/aromatic N) is 1. The van der Waals surface area contributed by atoms with Crippen LogP contribution in [0.2, 0.25) is 0 Å². The van der Waals surface area contributed by atoms with Crippen LogP contribution in [0, 0.1) is 13.8 Å². The Bertz CT molecular complexity index is 695. The third-order valence-electron chi connectivity index (χ3n) is 2.55. The topological polar surface area (TPSA) is 72.2 Å². The van der Waals surface area contributed by atoms with E-state index in [1.807, 2.05) is 0 Å². The minimum atomic E-state index is -3.57. The maximum absolute atomic E-state index is 12.2. The van der Waals surface area contributed by atoms with E-state index in [1.54, 1.807) is 38.1 Å². The number of hydrogen-bond acceptors (Lipinski definition) is 4. The predicted molar refractivity (Wildman–Crippen MR) is 74.1 cm³/mol. The number of aromatic nitrogens is 1. The molecule has 0 fully saturated rings. The summed E-state index contributed by atoms with van der Waals surface area (Å²) < 4.78 is 32.6. The summed E-state index contributed by atoms with van der Waals surface area (Å²) in [6.07, 6.45) is 0. The number of hydrogen-bond donors (Lipinski definition) is 1. The first-order valence-electron chi connectivity index (χ1n) is 5.56. The van der Waals surface area contributed by atoms with Crippen molar-refractivity contribution in [3.8, 4) is 0 Å². The molecule has 1 aromatic carbocycles. The Kier molecular flexibility index (Phi) is 4.07. The van der Waals surface area contributed by atoms with E-state index >= 15 is 0 Å². The lowest BCUT2D eigenvalue weighted by Crippen LogP contribution is -2.23. The van der Waals surface area contributed by atoms with Gasteiger partial charge in [0, 0.05) is 10.5 Å². The summed E-state index contributed by atoms with van der Waals surface area (Å²) in [4.78, 5) is 0.248. The summed E-state index contributed by atoms with van der Waals surface area (Å²) in [7, 11) is -3.57. The number of halogens is 1. The van der Waals surface area contributed by atoms with Gasteiger partial charge in [-0.05, 0) is 31.5 Å². The zero-order valence-corrected chi connectivity index (χ0v) is 12.9. The van der Waals surface area contributed by atoms with Crippen LogP contribution in [0.5, 0.6) is 0 Å². The number of sulfonamides is 1. The van der Waals surface area contributed by atoms with Crippen molar-refractivity contribution < 1.29 is 12.9 Å². The van der Waals surface area contributed by atoms with Crippen LogP contribution in [-0.2, 0) is 16.6 Å². The molecule has 1 heterocycles. The van der Waals surface area contributed by atoms with E-state index in [-0.39, 0.29) is 11.4 Å². The summed E-state index contributed by atoms with van der Waals surface area (Å²) in [5.74, 6) is 0.480. The third kappa shape index (κ3) is 3.43. The Morgan fingerprint density at radius 1 is 1.32 bits per heavy atom. The van der Waals surface area contributed by atoms with Gasteiger partial charge in [-0.2, -0.15) is 0 Å². The maximum atomic E-state index is 12.2. The van der Waals surface area contributed by atoms with E-state index in [4.69, 9.17) is 4.52 Å². The first-order valence-corrected chi connectivity index (χ1v) is 7.84. The third-order valence-corrected chi connectivity index (χ3v) is 4.59. The first kappa shape index (κ1) is 14.2. The number of rotatable bonds is 4. The van der Waals surface area contributed by atoms with Crippen molar-refractivity contribution in [2.45, 2.75) is 25.3 Å². The van der Waals surface area contributed by atoms with Gasteiger partial charge in [-0.3, -0.25) is 0 Å². The van der Waals surface area contributed by atoms with Crippen molar-refractivity contribution in [1.82, 2.24) is 9.88 Å². The average molecular weight is 345 g/mol. The van der Waals surface area contributed by atoms with E-state index in [0.717, 1.165) is 0 Å². The monoisotopic (exact) mass is 344 g/mol. The molecule has 2 rings (SSSR count). The molecular formula is C12H13BrN2O3S. The minimum Gasteiger partial charge on any atom is -0.360 e. The Hall–Kier alpha value is -1.18. The highest BCUT2D eigenvalue weighted by Gasteiger charge is 2.17. The molecule has 7 heteroatoms. The SMILES string of the molecule is Cc1cc(CNS(=O)(=O)c2cc(Br)ccc2C)on1. The molecule has 2 aromatic rings. The molecule has 0 radical (unpaired) electrons. The molecule has 0 saturated heterocycles. The Morgan fingerprint density at radius 3 is 2.68 bits per heavy atom. The van der Waals surface area contributed by atoms with Gasteiger partial charge >= 0.3 is 0 Å². The molecule has 0 saturated carbocycles. The molecule has 0 atom stereocenters. The smallest absolute Gasteiger partial charge is 0.241 e. The molecule has 19 heavy (non-hydrogen) atoms. The average Bonchev–Trinajstić information content (AvgIpc) is 2.76. The predicted octanol–water partition coefficient (Wildman–Crippen LogP) is 2.53. The molecular weight excluding hydrogens is 332 g/mol. The van der Waals surface area contributed by atoms with Gasteiger partial charge in [0.25, 0.3) is 0 Å². The van der Waals surface area contributed by atoms with Crippen molar-refractivity contribution >= 4 is 26.0 Å². The molecule has 0 bridgehead atoms. The second kappa shape index (κ2) is 5.44. The summed E-state index contributed by atoms with van der Waals surface area (Å²) in [5.41, 5.74) is 1.40. The van der Waals surface area contributed by atoms with E-state index in [1.165, 1.54) is 0 Å². The van der Waals surface area contributed by atoms with Gasteiger partial charge in [0.05, 0.1) is 17.1 Å². The van der Waals surface area contributed by atoms with Crippen molar-refractivity contribution in [3.63, 3.8) is 0 Å². The van der Waals surface area contributed by atoms with Gasteiger partial charge < -0.3 is 4.52 Å². The van der Waals surface area contributed by atoms with E-state index < -0.39 is 10.0 Å². The lowest BCUT2D eigenvalue weighted by atomic mass is 10.2. The Morgan fingerprint density at radius 2 is 2.05 bits per heavy atom. The van der Waals surface area contributed by atoms with E-state index in [2.05, 4.69) is 25.8 Å². The van der Waals surface area contributed by atoms with Crippen LogP contribution in [0.3, 0.4) is 0 Å². The van der Waals surface area contributed by atoms with Crippen molar-refractivity contribution in [2.75, 3.05) is 0 Å². The van der Waals surface area contributed by atoms with Crippen LogP contribution in [-0.4, -0.2) is 13.6 Å². The highest BCUT2D eigenvalue weighted by molar-refractivity contribution is 9.10. The molecule has 0 amide bonds. The molecule has 1 N–H and O–H groups in total. The Balaban J connectivity index is 2.20. The van der Waals surface area contributed by atoms with Gasteiger partial charge in [0.2, 0.25) is 10.0 Å². The fourth-order valence-corrected chi connectivity index (χ4v) is 3.38. The van der Waals surface area contributed by atoms with Crippen molar-refractivity contribution in [1.29, 1.82) is 0 Å². The molecule has 102 valence electrons. The van der Waals surface area contributed by atoms with Crippen LogP contribution >= 0.6 is 15.9 Å². The quantitative estimate of drug-likeness (QED) is 0.924. The van der Waals surface area contributed by atoms with Gasteiger partial charge in [-0.25, -0.2) is 13.1 Å². The van der Waals surface area contributed by atoms with Gasteiger partial charge in [0.15, 0.2) is 5.76 Å². The molecule has 0 aliphatic rings. The second-order valence-electron chi connectivity index (χ2n) is 4.17. The second-order valence-corrected chi connectivity index (χ2v) is 6.82. The van der Waals surface area contributed by atoms with Crippen molar-refractivity contribution in [2.24, 2.45) is 0 Å². The zero-order chi connectivity index (χ0) is 14.0. The fourth-order valence-electron chi connectivity index (χ4n) is 1.61. The Labute approximate surface area is 120 Å². The lowest BCUT2D eigenvalue weighted by Gasteiger charge is -2.08. The molecule has 0 aliphatic carbocycles. The van der Waals surface area contributed by atoms with Crippen LogP contribution in [0.15, 0.2) is 38.2 Å². The standard InChI is InChI=1S/C12H13BrN2O3S/c1-8-3-4-10(13)6-12(8)19(16,17)14-7-11-5-9(2)15-18-11/h3-6,14H,7H2,1-2H3. The largest absolute Gasteiger partial charge is 0.360 e. The fraction of sp³-hybridized carbons (Fsp3) is 0.250. The van der Waals surface area contributed by atoms with Gasteiger partial charge in [-0.1, -0.05) is 27.2 Å². The minimum absolute atomic E-state index is 0.0785. The van der Waals surface area contributed by atoms with Crippen LogP contribution < -0.4 is 4.72 Å². The van der Waals surface area contributed by atoms with Gasteiger partial charge in [-0.15, -0.1) is 0 Å². The normalized spacial score (nSPS) is 11.7. The van der Waals surface area contributed by atoms with Crippen LogP contribution in [0.4, 0.5) is 0 Å². The summed E-state index contributed by atoms with van der Waals surface area (Å²) in [6, 6.07) is 6.81. The summed E-state index contributed by atoms with van der Waals surface area (Å²) in [6.45, 7) is 3.61. The van der Waals surface area contributed by atoms with Crippen LogP contribution in [0.1, 0.15) is 17.0 Å². The van der Waals surface area contributed by atoms with Crippen LogP contribution in [0.25, 0.3) is 0 Å². The molecule has 0 spiro atoms. The highest BCUT2D eigenvalue weighted by Crippen LogP contribution is 2.20. The lowest BCUT2D eigenvalue weighted by molar-refractivity contribution is 0.377. The maximum Gasteiger partial charge on any atom is 0.241 e.